The van der Waals surface area contributed by atoms with Crippen molar-refractivity contribution in [2.24, 2.45) is 5.92 Å². The molecule has 5 heteroatoms. The van der Waals surface area contributed by atoms with E-state index >= 15 is 0 Å². The van der Waals surface area contributed by atoms with Crippen molar-refractivity contribution in [2.45, 2.75) is 31.6 Å². The summed E-state index contributed by atoms with van der Waals surface area (Å²) in [7, 11) is 2.17. The summed E-state index contributed by atoms with van der Waals surface area (Å²) in [6, 6.07) is 0. The summed E-state index contributed by atoms with van der Waals surface area (Å²) in [5, 5.41) is 1.29. The van der Waals surface area contributed by atoms with Gasteiger partial charge in [-0.15, -0.1) is 0 Å². The molecule has 3 rings (SSSR count). The Bertz CT molecular complexity index is 410. The van der Waals surface area contributed by atoms with Crippen LogP contribution in [0.1, 0.15) is 37.2 Å². The Morgan fingerprint density at radius 2 is 2.06 bits per heavy atom. The first-order chi connectivity index (χ1) is 8.75. The first kappa shape index (κ1) is 12.2. The number of ether oxygens (including phenoxy) is 1. The van der Waals surface area contributed by atoms with E-state index in [1.165, 1.54) is 36.2 Å². The molecule has 100 valence electrons. The highest BCUT2D eigenvalue weighted by molar-refractivity contribution is 7.10. The molecule has 1 aliphatic heterocycles. The van der Waals surface area contributed by atoms with Crippen LogP contribution in [0.4, 0.5) is 10.8 Å². The van der Waals surface area contributed by atoms with Crippen LogP contribution in [0, 0.1) is 5.92 Å². The summed E-state index contributed by atoms with van der Waals surface area (Å²) in [6.45, 7) is 2.93. The van der Waals surface area contributed by atoms with Gasteiger partial charge in [0.15, 0.2) is 0 Å². The average Bonchev–Trinajstić information content (AvgIpc) is 3.13. The highest BCUT2D eigenvalue weighted by Crippen LogP contribution is 2.48. The molecule has 0 bridgehead atoms. The summed E-state index contributed by atoms with van der Waals surface area (Å²) in [5.41, 5.74) is 7.32. The number of anilines is 2. The van der Waals surface area contributed by atoms with Gasteiger partial charge in [-0.3, -0.25) is 0 Å². The molecule has 2 heterocycles. The molecule has 0 spiro atoms. The van der Waals surface area contributed by atoms with Gasteiger partial charge in [-0.25, -0.2) is 0 Å². The highest BCUT2D eigenvalue weighted by Gasteiger charge is 2.32. The van der Waals surface area contributed by atoms with Gasteiger partial charge >= 0.3 is 0 Å². The zero-order chi connectivity index (χ0) is 12.5. The van der Waals surface area contributed by atoms with Gasteiger partial charge in [0.25, 0.3) is 0 Å². The molecule has 1 aromatic rings. The molecular formula is C13H21N3OS. The Hall–Kier alpha value is -0.810. The van der Waals surface area contributed by atoms with Crippen LogP contribution in [-0.4, -0.2) is 31.2 Å². The third kappa shape index (κ3) is 2.47. The third-order valence-corrected chi connectivity index (χ3v) is 4.93. The Morgan fingerprint density at radius 1 is 1.33 bits per heavy atom. The van der Waals surface area contributed by atoms with Crippen LogP contribution < -0.4 is 10.6 Å². The number of nitrogen functional groups attached to an aromatic ring is 1. The van der Waals surface area contributed by atoms with E-state index in [0.29, 0.717) is 5.92 Å². The van der Waals surface area contributed by atoms with Gasteiger partial charge in [0.1, 0.15) is 10.8 Å². The minimum Gasteiger partial charge on any atom is -0.383 e. The predicted molar refractivity (Wildman–Crippen MR) is 75.3 cm³/mol. The van der Waals surface area contributed by atoms with E-state index in [9.17, 15) is 0 Å². The molecule has 18 heavy (non-hydrogen) atoms. The van der Waals surface area contributed by atoms with E-state index in [0.717, 1.165) is 31.5 Å². The standard InChI is InChI=1S/C13H21N3OS/c1-16(8-9-4-6-17-7-5-9)13-11(10-2-3-10)12(14)15-18-13/h9-10H,2-8H2,1H3,(H2,14,15). The van der Waals surface area contributed by atoms with E-state index in [1.54, 1.807) is 11.5 Å². The van der Waals surface area contributed by atoms with Crippen LogP contribution in [-0.2, 0) is 4.74 Å². The monoisotopic (exact) mass is 267 g/mol. The van der Waals surface area contributed by atoms with Crippen LogP contribution >= 0.6 is 11.5 Å². The van der Waals surface area contributed by atoms with Crippen molar-refractivity contribution in [2.75, 3.05) is 37.4 Å². The maximum Gasteiger partial charge on any atom is 0.142 e. The van der Waals surface area contributed by atoms with Crippen LogP contribution in [0.5, 0.6) is 0 Å². The molecule has 0 amide bonds. The molecule has 1 aromatic heterocycles. The van der Waals surface area contributed by atoms with E-state index in [-0.39, 0.29) is 0 Å². The van der Waals surface area contributed by atoms with Gasteiger partial charge in [-0.2, -0.15) is 4.37 Å². The Balaban J connectivity index is 1.69. The quantitative estimate of drug-likeness (QED) is 0.910. The maximum atomic E-state index is 6.01. The summed E-state index contributed by atoms with van der Waals surface area (Å²) >= 11 is 1.56. The molecule has 1 saturated heterocycles. The number of hydrogen-bond acceptors (Lipinski definition) is 5. The van der Waals surface area contributed by atoms with Crippen LogP contribution in [0.25, 0.3) is 0 Å². The molecule has 0 radical (unpaired) electrons. The SMILES string of the molecule is CN(CC1CCOCC1)c1snc(N)c1C1CC1. The first-order valence-corrected chi connectivity index (χ1v) is 7.57. The minimum atomic E-state index is 0.677. The van der Waals surface area contributed by atoms with Gasteiger partial charge in [0, 0.05) is 32.4 Å². The lowest BCUT2D eigenvalue weighted by molar-refractivity contribution is 0.0685. The molecule has 1 aliphatic carbocycles. The predicted octanol–water partition coefficient (Wildman–Crippen LogP) is 2.47. The lowest BCUT2D eigenvalue weighted by atomic mass is 10.00. The molecule has 0 aromatic carbocycles. The van der Waals surface area contributed by atoms with E-state index < -0.39 is 0 Å². The normalized spacial score (nSPS) is 21.2. The van der Waals surface area contributed by atoms with Crippen molar-refractivity contribution in [1.29, 1.82) is 0 Å². The molecule has 4 nitrogen and oxygen atoms in total. The maximum absolute atomic E-state index is 6.01. The fourth-order valence-corrected chi connectivity index (χ4v) is 3.60. The average molecular weight is 267 g/mol. The molecular weight excluding hydrogens is 246 g/mol. The summed E-state index contributed by atoms with van der Waals surface area (Å²) in [4.78, 5) is 2.36. The molecule has 2 aliphatic rings. The summed E-state index contributed by atoms with van der Waals surface area (Å²) < 4.78 is 9.76. The highest BCUT2D eigenvalue weighted by atomic mass is 32.1. The lowest BCUT2D eigenvalue weighted by Crippen LogP contribution is -2.29. The van der Waals surface area contributed by atoms with Crippen molar-refractivity contribution in [3.05, 3.63) is 5.56 Å². The second-order valence-electron chi connectivity index (χ2n) is 5.50. The van der Waals surface area contributed by atoms with Crippen LogP contribution in [0.15, 0.2) is 0 Å². The van der Waals surface area contributed by atoms with Crippen LogP contribution in [0.2, 0.25) is 0 Å². The van der Waals surface area contributed by atoms with Crippen LogP contribution in [0.3, 0.4) is 0 Å². The van der Waals surface area contributed by atoms with Crippen molar-refractivity contribution in [1.82, 2.24) is 4.37 Å². The zero-order valence-electron chi connectivity index (χ0n) is 10.9. The van der Waals surface area contributed by atoms with Crippen molar-refractivity contribution in [3.8, 4) is 0 Å². The second-order valence-corrected chi connectivity index (χ2v) is 6.25. The van der Waals surface area contributed by atoms with Gasteiger partial charge < -0.3 is 15.4 Å². The third-order valence-electron chi connectivity index (χ3n) is 3.94. The van der Waals surface area contributed by atoms with Gasteiger partial charge in [0.2, 0.25) is 0 Å². The van der Waals surface area contributed by atoms with Crippen molar-refractivity contribution in [3.63, 3.8) is 0 Å². The molecule has 0 atom stereocenters. The molecule has 1 saturated carbocycles. The largest absolute Gasteiger partial charge is 0.383 e. The molecule has 2 fully saturated rings. The van der Waals surface area contributed by atoms with E-state index in [2.05, 4.69) is 16.3 Å². The van der Waals surface area contributed by atoms with E-state index in [4.69, 9.17) is 10.5 Å². The number of hydrogen-bond donors (Lipinski definition) is 1. The molecule has 2 N–H and O–H groups in total. The number of rotatable bonds is 4. The summed E-state index contributed by atoms with van der Waals surface area (Å²) in [5.74, 6) is 2.19. The van der Waals surface area contributed by atoms with Gasteiger partial charge in [0.05, 0.1) is 0 Å². The number of nitrogens with zero attached hydrogens (tertiary/aromatic N) is 2. The Kier molecular flexibility index (Phi) is 3.43. The second kappa shape index (κ2) is 5.05. The van der Waals surface area contributed by atoms with Crippen molar-refractivity contribution < 1.29 is 4.74 Å². The zero-order valence-corrected chi connectivity index (χ0v) is 11.7. The summed E-state index contributed by atoms with van der Waals surface area (Å²) in [6.07, 6.45) is 4.91. The topological polar surface area (TPSA) is 51.4 Å². The smallest absolute Gasteiger partial charge is 0.142 e. The molecule has 0 unspecified atom stereocenters. The minimum absolute atomic E-state index is 0.677. The first-order valence-electron chi connectivity index (χ1n) is 6.79. The lowest BCUT2D eigenvalue weighted by Gasteiger charge is -2.28. The van der Waals surface area contributed by atoms with E-state index in [1.807, 2.05) is 0 Å². The fourth-order valence-electron chi connectivity index (χ4n) is 2.73. The Morgan fingerprint density at radius 3 is 2.72 bits per heavy atom. The fraction of sp³-hybridized carbons (Fsp3) is 0.769. The Labute approximate surface area is 112 Å². The van der Waals surface area contributed by atoms with Crippen molar-refractivity contribution >= 4 is 22.4 Å². The van der Waals surface area contributed by atoms with Gasteiger partial charge in [-0.05, 0) is 49.1 Å². The number of aromatic nitrogens is 1. The van der Waals surface area contributed by atoms with Gasteiger partial charge in [-0.1, -0.05) is 0 Å². The number of nitrogens with two attached hydrogens (primary N) is 1.